The fourth-order valence-corrected chi connectivity index (χ4v) is 3.71. The van der Waals surface area contributed by atoms with Gasteiger partial charge in [0.1, 0.15) is 5.69 Å². The Kier molecular flexibility index (Phi) is 3.75. The van der Waals surface area contributed by atoms with Crippen LogP contribution in [0.25, 0.3) is 0 Å². The van der Waals surface area contributed by atoms with E-state index in [1.54, 1.807) is 24.8 Å². The molecule has 4 rings (SSSR count). The number of hydrogen-bond acceptors (Lipinski definition) is 5. The minimum absolute atomic E-state index is 0.00584. The molecule has 2 aromatic rings. The number of hydrogen-bond donors (Lipinski definition) is 0. The zero-order chi connectivity index (χ0) is 15.6. The molecule has 2 aromatic heterocycles. The van der Waals surface area contributed by atoms with Gasteiger partial charge in [0.2, 0.25) is 0 Å². The zero-order valence-corrected chi connectivity index (χ0v) is 12.9. The monoisotopic (exact) mass is 309 g/mol. The number of fused-ring (bicyclic) bond motifs is 1. The van der Waals surface area contributed by atoms with Crippen LogP contribution >= 0.6 is 0 Å². The first-order chi connectivity index (χ1) is 11.3. The molecule has 2 aliphatic heterocycles. The molecule has 0 unspecified atom stereocenters. The predicted octanol–water partition coefficient (Wildman–Crippen LogP) is 1.08. The molecule has 0 radical (unpaired) electrons. The largest absolute Gasteiger partial charge is 0.337 e. The molecule has 2 aliphatic rings. The second-order valence-electron chi connectivity index (χ2n) is 6.38. The van der Waals surface area contributed by atoms with Gasteiger partial charge in [-0.3, -0.25) is 19.7 Å². The fourth-order valence-electron chi connectivity index (χ4n) is 3.71. The van der Waals surface area contributed by atoms with E-state index < -0.39 is 0 Å². The standard InChI is InChI=1S/C17H19N5O/c23-17(16-7-19-4-5-20-16)22-11-14-9-21(10-15(14)12-22)8-13-2-1-3-18-6-13/h1-7,14-15H,8-12H2/t14-,15-/m1/s1. The topological polar surface area (TPSA) is 62.2 Å². The van der Waals surface area contributed by atoms with Crippen molar-refractivity contribution in [3.05, 3.63) is 54.4 Å². The third-order valence-corrected chi connectivity index (χ3v) is 4.76. The highest BCUT2D eigenvalue weighted by Gasteiger charge is 2.41. The summed E-state index contributed by atoms with van der Waals surface area (Å²) in [6.07, 6.45) is 8.44. The molecule has 2 saturated heterocycles. The van der Waals surface area contributed by atoms with Gasteiger partial charge in [0.05, 0.1) is 6.20 Å². The highest BCUT2D eigenvalue weighted by atomic mass is 16.2. The summed E-state index contributed by atoms with van der Waals surface area (Å²) in [5.74, 6) is 1.13. The Morgan fingerprint density at radius 1 is 1.04 bits per heavy atom. The smallest absolute Gasteiger partial charge is 0.274 e. The van der Waals surface area contributed by atoms with Crippen LogP contribution in [0.4, 0.5) is 0 Å². The number of amides is 1. The van der Waals surface area contributed by atoms with Gasteiger partial charge < -0.3 is 4.90 Å². The summed E-state index contributed by atoms with van der Waals surface area (Å²) < 4.78 is 0. The first-order valence-corrected chi connectivity index (χ1v) is 7.96. The van der Waals surface area contributed by atoms with Crippen LogP contribution in [0.1, 0.15) is 16.1 Å². The Bertz CT molecular complexity index is 664. The van der Waals surface area contributed by atoms with Crippen molar-refractivity contribution < 1.29 is 4.79 Å². The van der Waals surface area contributed by atoms with Crippen molar-refractivity contribution in [1.29, 1.82) is 0 Å². The van der Waals surface area contributed by atoms with Crippen LogP contribution in [-0.2, 0) is 6.54 Å². The summed E-state index contributed by atoms with van der Waals surface area (Å²) in [6, 6.07) is 4.10. The van der Waals surface area contributed by atoms with Crippen molar-refractivity contribution in [1.82, 2.24) is 24.8 Å². The maximum absolute atomic E-state index is 12.5. The lowest BCUT2D eigenvalue weighted by atomic mass is 10.0. The van der Waals surface area contributed by atoms with Crippen LogP contribution in [0, 0.1) is 11.8 Å². The normalized spacial score (nSPS) is 23.9. The molecule has 0 N–H and O–H groups in total. The zero-order valence-electron chi connectivity index (χ0n) is 12.9. The van der Waals surface area contributed by atoms with Gasteiger partial charge in [-0.2, -0.15) is 0 Å². The molecule has 2 fully saturated rings. The fraction of sp³-hybridized carbons (Fsp3) is 0.412. The van der Waals surface area contributed by atoms with Crippen molar-refractivity contribution in [2.45, 2.75) is 6.54 Å². The summed E-state index contributed by atoms with van der Waals surface area (Å²) in [7, 11) is 0. The minimum Gasteiger partial charge on any atom is -0.337 e. The first-order valence-electron chi connectivity index (χ1n) is 7.96. The summed E-state index contributed by atoms with van der Waals surface area (Å²) >= 11 is 0. The van der Waals surface area contributed by atoms with E-state index in [1.807, 2.05) is 17.2 Å². The summed E-state index contributed by atoms with van der Waals surface area (Å²) in [5.41, 5.74) is 1.69. The predicted molar refractivity (Wildman–Crippen MR) is 84.4 cm³/mol. The van der Waals surface area contributed by atoms with Crippen molar-refractivity contribution in [3.63, 3.8) is 0 Å². The van der Waals surface area contributed by atoms with Crippen molar-refractivity contribution in [2.24, 2.45) is 11.8 Å². The maximum Gasteiger partial charge on any atom is 0.274 e. The van der Waals surface area contributed by atoms with E-state index in [4.69, 9.17) is 0 Å². The number of rotatable bonds is 3. The Hall–Kier alpha value is -2.34. The van der Waals surface area contributed by atoms with E-state index in [0.717, 1.165) is 32.7 Å². The van der Waals surface area contributed by atoms with Gasteiger partial charge >= 0.3 is 0 Å². The molecule has 6 heteroatoms. The lowest BCUT2D eigenvalue weighted by Gasteiger charge is -2.21. The van der Waals surface area contributed by atoms with E-state index in [2.05, 4.69) is 25.9 Å². The second-order valence-corrected chi connectivity index (χ2v) is 6.38. The maximum atomic E-state index is 12.5. The van der Waals surface area contributed by atoms with E-state index in [1.165, 1.54) is 5.56 Å². The van der Waals surface area contributed by atoms with E-state index in [9.17, 15) is 4.79 Å². The molecule has 0 aliphatic carbocycles. The summed E-state index contributed by atoms with van der Waals surface area (Å²) in [5, 5.41) is 0. The van der Waals surface area contributed by atoms with Crippen LogP contribution in [0.15, 0.2) is 43.1 Å². The molecular formula is C17H19N5O. The van der Waals surface area contributed by atoms with Crippen LogP contribution < -0.4 is 0 Å². The van der Waals surface area contributed by atoms with E-state index in [0.29, 0.717) is 17.5 Å². The van der Waals surface area contributed by atoms with Crippen molar-refractivity contribution in [2.75, 3.05) is 26.2 Å². The molecule has 6 nitrogen and oxygen atoms in total. The summed E-state index contributed by atoms with van der Waals surface area (Å²) in [4.78, 5) is 29.1. The molecule has 1 amide bonds. The molecular weight excluding hydrogens is 290 g/mol. The molecule has 0 bridgehead atoms. The first kappa shape index (κ1) is 14.3. The van der Waals surface area contributed by atoms with Gasteiger partial charge in [-0.15, -0.1) is 0 Å². The molecule has 0 aromatic carbocycles. The van der Waals surface area contributed by atoms with Crippen LogP contribution in [0.2, 0.25) is 0 Å². The Morgan fingerprint density at radius 2 is 1.83 bits per heavy atom. The van der Waals surface area contributed by atoms with Gasteiger partial charge in [0, 0.05) is 57.5 Å². The van der Waals surface area contributed by atoms with Gasteiger partial charge in [-0.25, -0.2) is 4.98 Å². The highest BCUT2D eigenvalue weighted by Crippen LogP contribution is 2.32. The molecule has 23 heavy (non-hydrogen) atoms. The third kappa shape index (κ3) is 2.94. The average Bonchev–Trinajstić information content (AvgIpc) is 3.14. The Labute approximate surface area is 135 Å². The lowest BCUT2D eigenvalue weighted by Crippen LogP contribution is -2.33. The number of pyridine rings is 1. The molecule has 0 saturated carbocycles. The molecule has 2 atom stereocenters. The molecule has 0 spiro atoms. The quantitative estimate of drug-likeness (QED) is 0.849. The number of aromatic nitrogens is 3. The number of likely N-dealkylation sites (tertiary alicyclic amines) is 2. The average molecular weight is 309 g/mol. The number of carbonyl (C=O) groups excluding carboxylic acids is 1. The molecule has 4 heterocycles. The van der Waals surface area contributed by atoms with Crippen LogP contribution in [0.5, 0.6) is 0 Å². The lowest BCUT2D eigenvalue weighted by molar-refractivity contribution is 0.0767. The van der Waals surface area contributed by atoms with E-state index >= 15 is 0 Å². The Balaban J connectivity index is 1.36. The van der Waals surface area contributed by atoms with Crippen LogP contribution in [0.3, 0.4) is 0 Å². The van der Waals surface area contributed by atoms with Crippen LogP contribution in [-0.4, -0.2) is 56.8 Å². The van der Waals surface area contributed by atoms with Gasteiger partial charge in [-0.05, 0) is 23.5 Å². The highest BCUT2D eigenvalue weighted by molar-refractivity contribution is 5.92. The Morgan fingerprint density at radius 3 is 2.48 bits per heavy atom. The van der Waals surface area contributed by atoms with Gasteiger partial charge in [0.25, 0.3) is 5.91 Å². The van der Waals surface area contributed by atoms with Crippen molar-refractivity contribution >= 4 is 5.91 Å². The second kappa shape index (κ2) is 6.04. The minimum atomic E-state index is 0.00584. The SMILES string of the molecule is O=C(c1cnccn1)N1C[C@H]2CN(Cc3cccnc3)C[C@@H]2C1. The number of carbonyl (C=O) groups is 1. The summed E-state index contributed by atoms with van der Waals surface area (Å²) in [6.45, 7) is 4.68. The van der Waals surface area contributed by atoms with Gasteiger partial charge in [-0.1, -0.05) is 6.07 Å². The third-order valence-electron chi connectivity index (χ3n) is 4.76. The van der Waals surface area contributed by atoms with Crippen molar-refractivity contribution in [3.8, 4) is 0 Å². The van der Waals surface area contributed by atoms with E-state index in [-0.39, 0.29) is 5.91 Å². The molecule has 118 valence electrons. The van der Waals surface area contributed by atoms with Gasteiger partial charge in [0.15, 0.2) is 0 Å². The number of nitrogens with zero attached hydrogens (tertiary/aromatic N) is 5.